The van der Waals surface area contributed by atoms with Gasteiger partial charge in [0.2, 0.25) is 6.04 Å². The lowest BCUT2D eigenvalue weighted by Crippen LogP contribution is -2.38. The summed E-state index contributed by atoms with van der Waals surface area (Å²) in [6.07, 6.45) is 2.72. The molecule has 0 spiro atoms. The topological polar surface area (TPSA) is 60.2 Å². The van der Waals surface area contributed by atoms with E-state index in [9.17, 15) is 14.9 Å². The van der Waals surface area contributed by atoms with Gasteiger partial charge in [0.25, 0.3) is 0 Å². The number of Topliss-reactive ketones (excluding diaryl/α,β-unsaturated/α-hetero) is 1. The van der Waals surface area contributed by atoms with Crippen molar-refractivity contribution in [2.45, 2.75) is 38.6 Å². The van der Waals surface area contributed by atoms with Gasteiger partial charge in [-0.3, -0.25) is 14.9 Å². The van der Waals surface area contributed by atoms with Crippen LogP contribution in [-0.4, -0.2) is 16.7 Å². The molecule has 5 heteroatoms. The maximum atomic E-state index is 12.7. The summed E-state index contributed by atoms with van der Waals surface area (Å²) in [6.45, 7) is 3.96. The molecule has 0 bridgehead atoms. The number of ketones is 1. The number of hydrogen-bond acceptors (Lipinski definition) is 3. The molecule has 2 aromatic carbocycles. The van der Waals surface area contributed by atoms with Gasteiger partial charge in [0, 0.05) is 21.4 Å². The molecule has 0 aliphatic heterocycles. The van der Waals surface area contributed by atoms with Gasteiger partial charge in [-0.25, -0.2) is 0 Å². The van der Waals surface area contributed by atoms with E-state index in [0.717, 1.165) is 21.2 Å². The van der Waals surface area contributed by atoms with Crippen molar-refractivity contribution in [3.8, 4) is 0 Å². The van der Waals surface area contributed by atoms with Crippen molar-refractivity contribution in [3.63, 3.8) is 0 Å². The second-order valence-electron chi connectivity index (χ2n) is 7.31. The molecule has 27 heavy (non-hydrogen) atoms. The van der Waals surface area contributed by atoms with Crippen molar-refractivity contribution >= 4 is 21.7 Å². The number of carbonyl (C=O) groups is 1. The Balaban J connectivity index is 1.89. The maximum Gasteiger partial charge on any atom is 0.226 e. The average molecular weight is 428 g/mol. The first-order valence-electron chi connectivity index (χ1n) is 9.01. The third-order valence-electron chi connectivity index (χ3n) is 5.23. The number of nitrogens with zero attached hydrogens (tertiary/aromatic N) is 1. The molecular formula is C22H22BrNO3. The highest BCUT2D eigenvalue weighted by molar-refractivity contribution is 9.10. The Hall–Kier alpha value is -2.27. The third kappa shape index (κ3) is 4.53. The lowest BCUT2D eigenvalue weighted by molar-refractivity contribution is -0.534. The van der Waals surface area contributed by atoms with Crippen LogP contribution in [0.3, 0.4) is 0 Å². The zero-order valence-corrected chi connectivity index (χ0v) is 17.0. The van der Waals surface area contributed by atoms with Crippen molar-refractivity contribution in [1.82, 2.24) is 0 Å². The van der Waals surface area contributed by atoms with E-state index in [1.165, 1.54) is 0 Å². The molecule has 4 nitrogen and oxygen atoms in total. The van der Waals surface area contributed by atoms with Gasteiger partial charge >= 0.3 is 0 Å². The van der Waals surface area contributed by atoms with Crippen LogP contribution in [0, 0.1) is 23.0 Å². The fourth-order valence-electron chi connectivity index (χ4n) is 3.88. The van der Waals surface area contributed by atoms with E-state index in [0.29, 0.717) is 12.0 Å². The standard InChI is InChI=1S/C22H22BrNO3/c1-14-3-5-17(6-4-14)21(25)13-18-11-15(2)12-20(22(18)24(26)27)16-7-9-19(23)10-8-16/h3-11,18,20,22H,12-13H2,1-2H3/t18-,20-,22+/m1/s1. The van der Waals surface area contributed by atoms with Gasteiger partial charge in [-0.2, -0.15) is 0 Å². The Kier molecular flexibility index (Phi) is 5.90. The Morgan fingerprint density at radius 2 is 1.74 bits per heavy atom. The number of allylic oxidation sites excluding steroid dienone is 1. The summed E-state index contributed by atoms with van der Waals surface area (Å²) in [5.41, 5.74) is 3.74. The number of rotatable bonds is 5. The molecule has 0 heterocycles. The second kappa shape index (κ2) is 8.17. The summed E-state index contributed by atoms with van der Waals surface area (Å²) in [7, 11) is 0. The van der Waals surface area contributed by atoms with Crippen LogP contribution in [0.1, 0.15) is 47.2 Å². The first-order chi connectivity index (χ1) is 12.8. The summed E-state index contributed by atoms with van der Waals surface area (Å²) < 4.78 is 0.943. The van der Waals surface area contributed by atoms with Crippen LogP contribution in [0.2, 0.25) is 0 Å². The lowest BCUT2D eigenvalue weighted by Gasteiger charge is -2.31. The second-order valence-corrected chi connectivity index (χ2v) is 8.22. The SMILES string of the molecule is CC1=C[C@H](CC(=O)c2ccc(C)cc2)[C@H]([N+](=O)[O-])[C@@H](c2ccc(Br)cc2)C1. The van der Waals surface area contributed by atoms with Crippen LogP contribution in [0.15, 0.2) is 64.7 Å². The van der Waals surface area contributed by atoms with E-state index >= 15 is 0 Å². The zero-order valence-electron chi connectivity index (χ0n) is 15.4. The van der Waals surface area contributed by atoms with Crippen LogP contribution in [0.25, 0.3) is 0 Å². The maximum absolute atomic E-state index is 12.7. The van der Waals surface area contributed by atoms with Gasteiger partial charge in [-0.1, -0.05) is 69.5 Å². The molecule has 0 radical (unpaired) electrons. The monoisotopic (exact) mass is 427 g/mol. The minimum atomic E-state index is -0.802. The van der Waals surface area contributed by atoms with Crippen LogP contribution in [-0.2, 0) is 0 Å². The van der Waals surface area contributed by atoms with Gasteiger partial charge < -0.3 is 0 Å². The first-order valence-corrected chi connectivity index (χ1v) is 9.80. The van der Waals surface area contributed by atoms with Crippen LogP contribution < -0.4 is 0 Å². The van der Waals surface area contributed by atoms with Crippen molar-refractivity contribution < 1.29 is 9.72 Å². The van der Waals surface area contributed by atoms with E-state index in [1.807, 2.05) is 56.3 Å². The van der Waals surface area contributed by atoms with Crippen molar-refractivity contribution in [1.29, 1.82) is 0 Å². The van der Waals surface area contributed by atoms with Gasteiger partial charge in [0.15, 0.2) is 5.78 Å². The van der Waals surface area contributed by atoms with Crippen molar-refractivity contribution in [3.05, 3.63) is 91.5 Å². The third-order valence-corrected chi connectivity index (χ3v) is 5.76. The van der Waals surface area contributed by atoms with E-state index < -0.39 is 12.0 Å². The Morgan fingerprint density at radius 1 is 1.11 bits per heavy atom. The van der Waals surface area contributed by atoms with E-state index in [-0.39, 0.29) is 23.0 Å². The Labute approximate surface area is 167 Å². The highest BCUT2D eigenvalue weighted by Crippen LogP contribution is 2.39. The zero-order chi connectivity index (χ0) is 19.6. The molecule has 0 fully saturated rings. The van der Waals surface area contributed by atoms with Gasteiger partial charge in [-0.05, 0) is 38.0 Å². The summed E-state index contributed by atoms with van der Waals surface area (Å²) in [5.74, 6) is -0.683. The fourth-order valence-corrected chi connectivity index (χ4v) is 4.14. The van der Waals surface area contributed by atoms with E-state index in [4.69, 9.17) is 0 Å². The molecule has 0 saturated heterocycles. The molecule has 140 valence electrons. The highest BCUT2D eigenvalue weighted by atomic mass is 79.9. The summed E-state index contributed by atoms with van der Waals surface area (Å²) in [6, 6.07) is 14.3. The average Bonchev–Trinajstić information content (AvgIpc) is 2.62. The first kappa shape index (κ1) is 19.5. The molecule has 0 aromatic heterocycles. The fraction of sp³-hybridized carbons (Fsp3) is 0.318. The Bertz CT molecular complexity index is 871. The smallest absolute Gasteiger partial charge is 0.226 e. The van der Waals surface area contributed by atoms with E-state index in [1.54, 1.807) is 12.1 Å². The Morgan fingerprint density at radius 3 is 2.33 bits per heavy atom. The van der Waals surface area contributed by atoms with Crippen molar-refractivity contribution in [2.75, 3.05) is 0 Å². The molecule has 0 amide bonds. The quantitative estimate of drug-likeness (QED) is 0.265. The molecule has 0 unspecified atom stereocenters. The van der Waals surface area contributed by atoms with Crippen LogP contribution >= 0.6 is 15.9 Å². The molecule has 3 rings (SSSR count). The van der Waals surface area contributed by atoms with Gasteiger partial charge in [0.05, 0.1) is 11.8 Å². The molecule has 2 aromatic rings. The van der Waals surface area contributed by atoms with Crippen molar-refractivity contribution in [2.24, 2.45) is 5.92 Å². The number of carbonyl (C=O) groups excluding carboxylic acids is 1. The van der Waals surface area contributed by atoms with Gasteiger partial charge in [0.1, 0.15) is 0 Å². The molecule has 1 aliphatic carbocycles. The molecule has 0 N–H and O–H groups in total. The summed E-state index contributed by atoms with van der Waals surface area (Å²) in [5, 5.41) is 11.9. The van der Waals surface area contributed by atoms with Crippen LogP contribution in [0.4, 0.5) is 0 Å². The summed E-state index contributed by atoms with van der Waals surface area (Å²) >= 11 is 3.41. The number of nitro groups is 1. The highest BCUT2D eigenvalue weighted by Gasteiger charge is 2.42. The van der Waals surface area contributed by atoms with E-state index in [2.05, 4.69) is 15.9 Å². The number of halogens is 1. The molecule has 3 atom stereocenters. The molecule has 1 aliphatic rings. The minimum Gasteiger partial charge on any atom is -0.294 e. The molecular weight excluding hydrogens is 406 g/mol. The lowest BCUT2D eigenvalue weighted by atomic mass is 9.73. The normalized spacial score (nSPS) is 22.2. The summed E-state index contributed by atoms with van der Waals surface area (Å²) in [4.78, 5) is 24.5. The predicted molar refractivity (Wildman–Crippen MR) is 110 cm³/mol. The predicted octanol–water partition coefficient (Wildman–Crippen LogP) is 5.73. The largest absolute Gasteiger partial charge is 0.294 e. The number of benzene rings is 2. The number of hydrogen-bond donors (Lipinski definition) is 0. The van der Waals surface area contributed by atoms with Gasteiger partial charge in [-0.15, -0.1) is 0 Å². The molecule has 0 saturated carbocycles. The minimum absolute atomic E-state index is 0.0487. The van der Waals surface area contributed by atoms with Crippen LogP contribution in [0.5, 0.6) is 0 Å². The number of aryl methyl sites for hydroxylation is 1.